The molecule has 0 spiro atoms. The maximum Gasteiger partial charge on any atom is 0.309 e. The summed E-state index contributed by atoms with van der Waals surface area (Å²) in [6.07, 6.45) is 5.30. The van der Waals surface area contributed by atoms with E-state index >= 15 is 0 Å². The van der Waals surface area contributed by atoms with Gasteiger partial charge in [-0.05, 0) is 18.4 Å². The molecule has 2 aromatic heterocycles. The number of hydrogen-bond acceptors (Lipinski definition) is 7. The van der Waals surface area contributed by atoms with Crippen molar-refractivity contribution in [3.05, 3.63) is 41.8 Å². The zero-order valence-corrected chi connectivity index (χ0v) is 15.4. The Balaban J connectivity index is 1.59. The second kappa shape index (κ2) is 8.17. The van der Waals surface area contributed by atoms with Gasteiger partial charge in [-0.2, -0.15) is 4.98 Å². The number of aromatic nitrogens is 3. The Hall–Kier alpha value is -2.94. The Labute approximate surface area is 160 Å². The molecule has 27 heavy (non-hydrogen) atoms. The van der Waals surface area contributed by atoms with Crippen LogP contribution in [0.25, 0.3) is 0 Å². The third-order valence-electron chi connectivity index (χ3n) is 4.12. The highest BCUT2D eigenvalue weighted by atomic mass is 35.5. The minimum Gasteiger partial charge on any atom is -0.480 e. The zero-order valence-electron chi connectivity index (χ0n) is 14.6. The molecule has 3 rings (SSSR count). The van der Waals surface area contributed by atoms with Gasteiger partial charge in [-0.15, -0.1) is 0 Å². The van der Waals surface area contributed by atoms with Crippen LogP contribution in [0.1, 0.15) is 22.9 Å². The van der Waals surface area contributed by atoms with Gasteiger partial charge in [-0.25, -0.2) is 9.97 Å². The maximum absolute atomic E-state index is 12.5. The molecule has 9 nitrogen and oxygen atoms in total. The first kappa shape index (κ1) is 18.8. The molecule has 0 aromatic carbocycles. The predicted octanol–water partition coefficient (Wildman–Crippen LogP) is 1.96. The number of carbonyl (C=O) groups is 2. The molecule has 1 N–H and O–H groups in total. The average molecular weight is 392 g/mol. The lowest BCUT2D eigenvalue weighted by molar-refractivity contribution is -0.112. The van der Waals surface area contributed by atoms with Gasteiger partial charge in [0, 0.05) is 19.5 Å². The van der Waals surface area contributed by atoms with Crippen LogP contribution < -0.4 is 10.1 Å². The fourth-order valence-electron chi connectivity index (χ4n) is 2.81. The van der Waals surface area contributed by atoms with Crippen molar-refractivity contribution in [3.8, 4) is 5.88 Å². The van der Waals surface area contributed by atoms with Gasteiger partial charge >= 0.3 is 5.91 Å². The molecular weight excluding hydrogens is 374 g/mol. The van der Waals surface area contributed by atoms with E-state index in [4.69, 9.17) is 20.8 Å². The van der Waals surface area contributed by atoms with Crippen molar-refractivity contribution in [2.45, 2.75) is 12.8 Å². The van der Waals surface area contributed by atoms with Crippen LogP contribution >= 0.6 is 11.6 Å². The van der Waals surface area contributed by atoms with Crippen molar-refractivity contribution >= 4 is 29.3 Å². The van der Waals surface area contributed by atoms with Gasteiger partial charge in [-0.1, -0.05) is 18.2 Å². The Morgan fingerprint density at radius 2 is 2.30 bits per heavy atom. The number of nitrogens with one attached hydrogen (secondary N) is 1. The summed E-state index contributed by atoms with van der Waals surface area (Å²) < 4.78 is 10.4. The van der Waals surface area contributed by atoms with E-state index in [1.54, 1.807) is 4.90 Å². The van der Waals surface area contributed by atoms with Crippen molar-refractivity contribution in [2.75, 3.05) is 25.5 Å². The first-order valence-electron chi connectivity index (χ1n) is 8.24. The van der Waals surface area contributed by atoms with Gasteiger partial charge in [0.1, 0.15) is 10.8 Å². The molecule has 1 aliphatic heterocycles. The summed E-state index contributed by atoms with van der Waals surface area (Å²) in [7, 11) is 1.50. The molecule has 0 aliphatic carbocycles. The first-order chi connectivity index (χ1) is 13.0. The Kier molecular flexibility index (Phi) is 5.70. The van der Waals surface area contributed by atoms with Gasteiger partial charge in [0.15, 0.2) is 0 Å². The molecule has 142 valence electrons. The lowest BCUT2D eigenvalue weighted by atomic mass is 10.0. The summed E-state index contributed by atoms with van der Waals surface area (Å²) in [6, 6.07) is 0. The van der Waals surface area contributed by atoms with Gasteiger partial charge in [0.05, 0.1) is 19.5 Å². The van der Waals surface area contributed by atoms with Crippen LogP contribution in [0.2, 0.25) is 5.02 Å². The largest absolute Gasteiger partial charge is 0.480 e. The van der Waals surface area contributed by atoms with E-state index < -0.39 is 5.91 Å². The second-order valence-corrected chi connectivity index (χ2v) is 6.38. The van der Waals surface area contributed by atoms with Crippen LogP contribution in [0.5, 0.6) is 5.88 Å². The van der Waals surface area contributed by atoms with E-state index in [9.17, 15) is 9.59 Å². The number of methoxy groups -OCH3 is 1. The third kappa shape index (κ3) is 4.43. The summed E-state index contributed by atoms with van der Waals surface area (Å²) in [6.45, 7) is 4.45. The van der Waals surface area contributed by atoms with Crippen LogP contribution in [0.3, 0.4) is 0 Å². The number of hydrogen-bond donors (Lipinski definition) is 1. The molecule has 0 bridgehead atoms. The van der Waals surface area contributed by atoms with E-state index in [1.807, 2.05) is 0 Å². The normalized spacial score (nSPS) is 16.2. The lowest BCUT2D eigenvalue weighted by Crippen LogP contribution is -2.29. The summed E-state index contributed by atoms with van der Waals surface area (Å²) in [5.74, 6) is 0.411. The molecule has 2 aromatic rings. The third-order valence-corrected chi connectivity index (χ3v) is 4.38. The van der Waals surface area contributed by atoms with E-state index in [2.05, 4.69) is 26.8 Å². The molecule has 1 saturated heterocycles. The van der Waals surface area contributed by atoms with E-state index in [0.717, 1.165) is 12.5 Å². The Bertz CT molecular complexity index is 869. The molecular formula is C17H18ClN5O4. The van der Waals surface area contributed by atoms with Crippen LogP contribution in [-0.2, 0) is 11.2 Å². The smallest absolute Gasteiger partial charge is 0.309 e. The number of nitrogens with zero attached hydrogens (tertiary/aromatic N) is 4. The van der Waals surface area contributed by atoms with Crippen molar-refractivity contribution in [1.82, 2.24) is 19.9 Å². The molecule has 1 aliphatic rings. The number of carbonyl (C=O) groups excluding carboxylic acids is 2. The van der Waals surface area contributed by atoms with Gasteiger partial charge < -0.3 is 14.1 Å². The topological polar surface area (TPSA) is 110 Å². The number of likely N-dealkylation sites (tertiary alicyclic amines) is 1. The van der Waals surface area contributed by atoms with Crippen LogP contribution in [0, 0.1) is 5.92 Å². The number of anilines is 1. The molecule has 0 saturated carbocycles. The quantitative estimate of drug-likeness (QED) is 0.749. The monoisotopic (exact) mass is 391 g/mol. The van der Waals surface area contributed by atoms with Crippen LogP contribution in [-0.4, -0.2) is 51.9 Å². The van der Waals surface area contributed by atoms with E-state index in [-0.39, 0.29) is 23.6 Å². The molecule has 3 heterocycles. The number of ether oxygens (including phenoxy) is 1. The Morgan fingerprint density at radius 3 is 3.04 bits per heavy atom. The van der Waals surface area contributed by atoms with Crippen LogP contribution in [0.4, 0.5) is 5.88 Å². The standard InChI is InChI=1S/C17H18ClN5O4/c1-3-13(24)22-14-8-20-16(27-14)17(25)23-5-4-10(9-23)6-12-19-7-11(18)15(21-12)26-2/h3,7-8,10H,1,4-6,9H2,2H3,(H,22,24)/t10-/m0/s1. The lowest BCUT2D eigenvalue weighted by Gasteiger charge is -2.14. The summed E-state index contributed by atoms with van der Waals surface area (Å²) in [5.41, 5.74) is 0. The molecule has 10 heteroatoms. The van der Waals surface area contributed by atoms with Crippen molar-refractivity contribution in [1.29, 1.82) is 0 Å². The Morgan fingerprint density at radius 1 is 1.48 bits per heavy atom. The number of oxazole rings is 1. The van der Waals surface area contributed by atoms with Gasteiger partial charge in [0.2, 0.25) is 17.7 Å². The van der Waals surface area contributed by atoms with Gasteiger partial charge in [-0.3, -0.25) is 14.9 Å². The van der Waals surface area contributed by atoms with Crippen LogP contribution in [0.15, 0.2) is 29.5 Å². The highest BCUT2D eigenvalue weighted by Gasteiger charge is 2.30. The maximum atomic E-state index is 12.5. The summed E-state index contributed by atoms with van der Waals surface area (Å²) >= 11 is 5.94. The summed E-state index contributed by atoms with van der Waals surface area (Å²) in [4.78, 5) is 37.9. The molecule has 0 radical (unpaired) electrons. The first-order valence-corrected chi connectivity index (χ1v) is 8.62. The average Bonchev–Trinajstić information content (AvgIpc) is 3.32. The molecule has 1 fully saturated rings. The fraction of sp³-hybridized carbons (Fsp3) is 0.353. The van der Waals surface area contributed by atoms with Crippen molar-refractivity contribution in [2.24, 2.45) is 5.92 Å². The van der Waals surface area contributed by atoms with E-state index in [0.29, 0.717) is 36.2 Å². The molecule has 2 amide bonds. The molecule has 1 atom stereocenters. The molecule has 0 unspecified atom stereocenters. The van der Waals surface area contributed by atoms with Gasteiger partial charge in [0.25, 0.3) is 5.89 Å². The zero-order chi connectivity index (χ0) is 19.4. The minimum absolute atomic E-state index is 0.0700. The number of rotatable bonds is 6. The minimum atomic E-state index is -0.440. The SMILES string of the molecule is C=CC(=O)Nc1cnc(C(=O)N2CC[C@@H](Cc3ncc(Cl)c(OC)n3)C2)o1. The van der Waals surface area contributed by atoms with E-state index in [1.165, 1.54) is 19.5 Å². The summed E-state index contributed by atoms with van der Waals surface area (Å²) in [5, 5.41) is 2.77. The van der Waals surface area contributed by atoms with Crippen molar-refractivity contribution < 1.29 is 18.7 Å². The second-order valence-electron chi connectivity index (χ2n) is 5.98. The fourth-order valence-corrected chi connectivity index (χ4v) is 2.98. The number of halogens is 1. The number of amides is 2. The highest BCUT2D eigenvalue weighted by molar-refractivity contribution is 6.31. The highest BCUT2D eigenvalue weighted by Crippen LogP contribution is 2.24. The predicted molar refractivity (Wildman–Crippen MR) is 96.6 cm³/mol. The van der Waals surface area contributed by atoms with Crippen molar-refractivity contribution in [3.63, 3.8) is 0 Å².